The molecule has 0 aliphatic carbocycles. The summed E-state index contributed by atoms with van der Waals surface area (Å²) in [6.07, 6.45) is 0. The molecule has 6 rings (SSSR count). The molecule has 1 aromatic heterocycles. The fourth-order valence-corrected chi connectivity index (χ4v) is 4.09. The number of phenolic OH excluding ortho intramolecular Hbond substituents is 1. The lowest BCUT2D eigenvalue weighted by atomic mass is 10.1. The van der Waals surface area contributed by atoms with Crippen molar-refractivity contribution in [3.63, 3.8) is 0 Å². The molecule has 5 heteroatoms. The number of carbonyl (C=O) groups is 1. The average Bonchev–Trinajstić information content (AvgIpc) is 3.19. The predicted octanol–water partition coefficient (Wildman–Crippen LogP) is 6.30. The van der Waals surface area contributed by atoms with Crippen LogP contribution in [0, 0.1) is 0 Å². The summed E-state index contributed by atoms with van der Waals surface area (Å²) in [5.41, 5.74) is 8.67. The van der Waals surface area contributed by atoms with E-state index >= 15 is 0 Å². The van der Waals surface area contributed by atoms with E-state index < -0.39 is 5.97 Å². The van der Waals surface area contributed by atoms with Gasteiger partial charge >= 0.3 is 5.97 Å². The highest BCUT2D eigenvalue weighted by Crippen LogP contribution is 2.32. The number of rotatable bonds is 1. The number of aromatic carboxylic acids is 1. The number of carboxylic acids is 1. The molecule has 6 aromatic rings. The molecule has 0 radical (unpaired) electrons. The Morgan fingerprint density at radius 2 is 1.44 bits per heavy atom. The van der Waals surface area contributed by atoms with Gasteiger partial charge in [-0.25, -0.2) is 4.79 Å². The molecule has 156 valence electrons. The first-order valence-electron chi connectivity index (χ1n) is 10.1. The molecule has 0 fully saturated rings. The van der Waals surface area contributed by atoms with Gasteiger partial charge in [0, 0.05) is 32.7 Å². The summed E-state index contributed by atoms with van der Waals surface area (Å²) >= 11 is 0. The molecule has 0 unspecified atom stereocenters. The maximum absolute atomic E-state index is 10.7. The van der Waals surface area contributed by atoms with E-state index in [1.165, 1.54) is 16.8 Å². The Kier molecular flexibility index (Phi) is 4.64. The number of anilines is 1. The third-order valence-corrected chi connectivity index (χ3v) is 5.62. The molecule has 32 heavy (non-hydrogen) atoms. The number of benzene rings is 5. The van der Waals surface area contributed by atoms with Crippen molar-refractivity contribution in [3.05, 3.63) is 96.6 Å². The summed E-state index contributed by atoms with van der Waals surface area (Å²) in [6.45, 7) is 0. The molecule has 0 atom stereocenters. The van der Waals surface area contributed by atoms with E-state index in [0.717, 1.165) is 32.6 Å². The Morgan fingerprint density at radius 1 is 0.719 bits per heavy atom. The summed E-state index contributed by atoms with van der Waals surface area (Å²) in [7, 11) is 0. The summed E-state index contributed by atoms with van der Waals surface area (Å²) in [6, 6.07) is 28.5. The number of aromatic amines is 1. The number of carboxylic acid groups (broad SMARTS) is 1. The third kappa shape index (κ3) is 3.36. The maximum atomic E-state index is 10.7. The number of nitrogen functional groups attached to an aromatic ring is 1. The Hall–Kier alpha value is -4.51. The number of para-hydroxylation sites is 1. The van der Waals surface area contributed by atoms with E-state index in [-0.39, 0.29) is 5.56 Å². The van der Waals surface area contributed by atoms with E-state index in [4.69, 9.17) is 10.8 Å². The lowest BCUT2D eigenvalue weighted by Crippen LogP contribution is -1.98. The van der Waals surface area contributed by atoms with Crippen molar-refractivity contribution in [1.29, 1.82) is 0 Å². The summed E-state index contributed by atoms with van der Waals surface area (Å²) in [5.74, 6) is -0.656. The minimum atomic E-state index is -0.956. The Labute approximate surface area is 183 Å². The molecule has 0 aliphatic rings. The largest absolute Gasteiger partial charge is 0.508 e. The lowest BCUT2D eigenvalue weighted by molar-refractivity contribution is 0.0697. The Bertz CT molecular complexity index is 1630. The third-order valence-electron chi connectivity index (χ3n) is 5.62. The molecular weight excluding hydrogens is 400 g/mol. The molecule has 0 saturated carbocycles. The van der Waals surface area contributed by atoms with Crippen LogP contribution in [0.15, 0.2) is 91.0 Å². The maximum Gasteiger partial charge on any atom is 0.335 e. The first kappa shape index (κ1) is 19.5. The van der Waals surface area contributed by atoms with Gasteiger partial charge in [-0.05, 0) is 41.1 Å². The van der Waals surface area contributed by atoms with Crippen LogP contribution >= 0.6 is 0 Å². The van der Waals surface area contributed by atoms with Crippen molar-refractivity contribution < 1.29 is 15.0 Å². The molecule has 5 aromatic carbocycles. The van der Waals surface area contributed by atoms with Crippen LogP contribution in [-0.2, 0) is 0 Å². The summed E-state index contributed by atoms with van der Waals surface area (Å²) in [5, 5.41) is 24.8. The Balaban J connectivity index is 0.000000140. The summed E-state index contributed by atoms with van der Waals surface area (Å²) < 4.78 is 0. The smallest absolute Gasteiger partial charge is 0.335 e. The van der Waals surface area contributed by atoms with Crippen LogP contribution in [0.4, 0.5) is 5.69 Å². The van der Waals surface area contributed by atoms with Gasteiger partial charge in [0.05, 0.1) is 11.1 Å². The minimum absolute atomic E-state index is 0.223. The normalized spacial score (nSPS) is 11.0. The van der Waals surface area contributed by atoms with Crippen molar-refractivity contribution in [3.8, 4) is 5.75 Å². The number of phenols is 1. The van der Waals surface area contributed by atoms with Gasteiger partial charge < -0.3 is 20.9 Å². The number of hydrogen-bond donors (Lipinski definition) is 4. The van der Waals surface area contributed by atoms with Crippen molar-refractivity contribution in [2.75, 3.05) is 5.73 Å². The van der Waals surface area contributed by atoms with Crippen molar-refractivity contribution in [2.45, 2.75) is 0 Å². The van der Waals surface area contributed by atoms with Gasteiger partial charge in [-0.2, -0.15) is 0 Å². The van der Waals surface area contributed by atoms with Gasteiger partial charge in [0.2, 0.25) is 0 Å². The zero-order valence-corrected chi connectivity index (χ0v) is 17.0. The molecule has 5 N–H and O–H groups in total. The zero-order valence-electron chi connectivity index (χ0n) is 17.0. The number of hydrogen-bond acceptors (Lipinski definition) is 3. The van der Waals surface area contributed by atoms with Crippen molar-refractivity contribution in [1.82, 2.24) is 4.98 Å². The van der Waals surface area contributed by atoms with Crippen LogP contribution < -0.4 is 5.73 Å². The molecule has 1 heterocycles. The zero-order chi connectivity index (χ0) is 22.2. The number of fused-ring (bicyclic) bond motifs is 6. The van der Waals surface area contributed by atoms with Crippen LogP contribution in [0.25, 0.3) is 43.4 Å². The number of nitrogens with one attached hydrogen (secondary N) is 1. The minimum Gasteiger partial charge on any atom is -0.508 e. The van der Waals surface area contributed by atoms with Gasteiger partial charge in [-0.1, -0.05) is 60.7 Å². The van der Waals surface area contributed by atoms with E-state index in [1.54, 1.807) is 12.1 Å². The molecule has 5 nitrogen and oxygen atoms in total. The SMILES string of the molecule is Nc1cc(C(=O)O)cc2ccccc12.Oc1ccc2ccc3c4ccccc4[nH]c3c2c1. The van der Waals surface area contributed by atoms with Crippen molar-refractivity contribution in [2.24, 2.45) is 0 Å². The van der Waals surface area contributed by atoms with Crippen LogP contribution in [0.1, 0.15) is 10.4 Å². The molecule has 0 bridgehead atoms. The summed E-state index contributed by atoms with van der Waals surface area (Å²) in [4.78, 5) is 14.2. The topological polar surface area (TPSA) is 99.3 Å². The van der Waals surface area contributed by atoms with Gasteiger partial charge in [0.25, 0.3) is 0 Å². The fourth-order valence-electron chi connectivity index (χ4n) is 4.09. The second-order valence-corrected chi connectivity index (χ2v) is 7.66. The highest BCUT2D eigenvalue weighted by molar-refractivity contribution is 6.17. The highest BCUT2D eigenvalue weighted by atomic mass is 16.4. The van der Waals surface area contributed by atoms with E-state index in [0.29, 0.717) is 11.4 Å². The van der Waals surface area contributed by atoms with Gasteiger partial charge in [-0.3, -0.25) is 0 Å². The number of H-pyrrole nitrogens is 1. The van der Waals surface area contributed by atoms with Gasteiger partial charge in [0.1, 0.15) is 5.75 Å². The van der Waals surface area contributed by atoms with E-state index in [9.17, 15) is 9.90 Å². The number of aromatic hydroxyl groups is 1. The van der Waals surface area contributed by atoms with E-state index in [2.05, 4.69) is 29.2 Å². The van der Waals surface area contributed by atoms with Crippen LogP contribution in [0.2, 0.25) is 0 Å². The van der Waals surface area contributed by atoms with Crippen LogP contribution in [-0.4, -0.2) is 21.2 Å². The van der Waals surface area contributed by atoms with E-state index in [1.807, 2.05) is 48.5 Å². The highest BCUT2D eigenvalue weighted by Gasteiger charge is 2.08. The van der Waals surface area contributed by atoms with Crippen LogP contribution in [0.3, 0.4) is 0 Å². The van der Waals surface area contributed by atoms with Crippen LogP contribution in [0.5, 0.6) is 5.75 Å². The predicted molar refractivity (Wildman–Crippen MR) is 130 cm³/mol. The number of nitrogens with two attached hydrogens (primary N) is 1. The molecule has 0 spiro atoms. The fraction of sp³-hybridized carbons (Fsp3) is 0. The standard InChI is InChI=1S/C16H11NO.C11H9NO2/c18-11-7-5-10-6-8-13-12-3-1-2-4-15(12)17-16(13)14(10)9-11;12-10-6-8(11(13)14)5-7-3-1-2-4-9(7)10/h1-9,17-18H;1-6H,12H2,(H,13,14). The van der Waals surface area contributed by atoms with Gasteiger partial charge in [-0.15, -0.1) is 0 Å². The monoisotopic (exact) mass is 420 g/mol. The first-order valence-corrected chi connectivity index (χ1v) is 10.1. The Morgan fingerprint density at radius 3 is 2.25 bits per heavy atom. The average molecular weight is 420 g/mol. The molecule has 0 aliphatic heterocycles. The first-order chi connectivity index (χ1) is 15.5. The molecule has 0 saturated heterocycles. The second kappa shape index (κ2) is 7.63. The quantitative estimate of drug-likeness (QED) is 0.235. The molecular formula is C27H20N2O3. The molecule has 0 amide bonds. The second-order valence-electron chi connectivity index (χ2n) is 7.66. The lowest BCUT2D eigenvalue weighted by Gasteiger charge is -2.03. The van der Waals surface area contributed by atoms with Crippen molar-refractivity contribution >= 4 is 55.0 Å². The number of aromatic nitrogens is 1. The van der Waals surface area contributed by atoms with Gasteiger partial charge in [0.15, 0.2) is 0 Å².